The Labute approximate surface area is 160 Å². The van der Waals surface area contributed by atoms with Crippen molar-refractivity contribution < 1.29 is 18.7 Å². The van der Waals surface area contributed by atoms with Gasteiger partial charge in [0.1, 0.15) is 17.2 Å². The summed E-state index contributed by atoms with van der Waals surface area (Å²) in [6.45, 7) is 0.363. The van der Waals surface area contributed by atoms with Crippen molar-refractivity contribution in [2.45, 2.75) is 13.2 Å². The first-order valence-electron chi connectivity index (χ1n) is 8.42. The SMILES string of the molecule is COCc1c(C(=O)OCc2csc(-c3ccccc3)n2)oc2ccccc12. The van der Waals surface area contributed by atoms with Crippen LogP contribution in [0.15, 0.2) is 64.4 Å². The molecule has 0 spiro atoms. The minimum Gasteiger partial charge on any atom is -0.453 e. The summed E-state index contributed by atoms with van der Waals surface area (Å²) >= 11 is 1.52. The molecule has 0 aliphatic carbocycles. The summed E-state index contributed by atoms with van der Waals surface area (Å²) < 4.78 is 16.4. The molecule has 0 radical (unpaired) electrons. The molecule has 0 N–H and O–H groups in total. The van der Waals surface area contributed by atoms with Crippen LogP contribution in [-0.4, -0.2) is 18.1 Å². The zero-order valence-electron chi connectivity index (χ0n) is 14.7. The average molecular weight is 379 g/mol. The largest absolute Gasteiger partial charge is 0.453 e. The molecule has 4 rings (SSSR count). The van der Waals surface area contributed by atoms with Gasteiger partial charge in [0.05, 0.1) is 12.3 Å². The molecule has 27 heavy (non-hydrogen) atoms. The monoisotopic (exact) mass is 379 g/mol. The molecular formula is C21H17NO4S. The quantitative estimate of drug-likeness (QED) is 0.438. The maximum absolute atomic E-state index is 12.6. The molecule has 2 aromatic carbocycles. The van der Waals surface area contributed by atoms with Crippen LogP contribution in [0.2, 0.25) is 0 Å². The Kier molecular flexibility index (Phi) is 5.00. The van der Waals surface area contributed by atoms with Gasteiger partial charge in [-0.2, -0.15) is 0 Å². The lowest BCUT2D eigenvalue weighted by Crippen LogP contribution is -2.07. The van der Waals surface area contributed by atoms with Gasteiger partial charge in [0.15, 0.2) is 0 Å². The van der Waals surface area contributed by atoms with E-state index < -0.39 is 5.97 Å². The van der Waals surface area contributed by atoms with Crippen LogP contribution in [0.25, 0.3) is 21.5 Å². The lowest BCUT2D eigenvalue weighted by molar-refractivity contribution is 0.0428. The van der Waals surface area contributed by atoms with Gasteiger partial charge < -0.3 is 13.9 Å². The minimum atomic E-state index is -0.521. The Hall–Kier alpha value is -2.96. The summed E-state index contributed by atoms with van der Waals surface area (Å²) in [5, 5.41) is 3.64. The number of esters is 1. The number of methoxy groups -OCH3 is 1. The van der Waals surface area contributed by atoms with Gasteiger partial charge in [-0.05, 0) is 6.07 Å². The molecule has 0 bridgehead atoms. The van der Waals surface area contributed by atoms with E-state index in [4.69, 9.17) is 13.9 Å². The summed E-state index contributed by atoms with van der Waals surface area (Å²) in [5.74, 6) is -0.343. The highest BCUT2D eigenvalue weighted by Crippen LogP contribution is 2.28. The molecule has 0 saturated heterocycles. The molecule has 0 aliphatic heterocycles. The van der Waals surface area contributed by atoms with Crippen LogP contribution in [-0.2, 0) is 22.7 Å². The molecule has 0 unspecified atom stereocenters. The lowest BCUT2D eigenvalue weighted by atomic mass is 10.1. The zero-order valence-corrected chi connectivity index (χ0v) is 15.5. The van der Waals surface area contributed by atoms with Crippen molar-refractivity contribution >= 4 is 28.3 Å². The number of rotatable bonds is 6. The predicted molar refractivity (Wildman–Crippen MR) is 104 cm³/mol. The number of furan rings is 1. The third-order valence-electron chi connectivity index (χ3n) is 4.10. The maximum Gasteiger partial charge on any atom is 0.375 e. The molecule has 136 valence electrons. The van der Waals surface area contributed by atoms with E-state index in [2.05, 4.69) is 4.98 Å². The topological polar surface area (TPSA) is 61.6 Å². The third-order valence-corrected chi connectivity index (χ3v) is 5.04. The Bertz CT molecular complexity index is 1070. The number of para-hydroxylation sites is 1. The summed E-state index contributed by atoms with van der Waals surface area (Å²) in [4.78, 5) is 17.1. The average Bonchev–Trinajstić information content (AvgIpc) is 3.33. The van der Waals surface area contributed by atoms with E-state index in [0.29, 0.717) is 16.8 Å². The number of carbonyl (C=O) groups excluding carboxylic acids is 1. The normalized spacial score (nSPS) is 11.0. The van der Waals surface area contributed by atoms with Crippen molar-refractivity contribution in [3.8, 4) is 10.6 Å². The van der Waals surface area contributed by atoms with Crippen LogP contribution in [0.5, 0.6) is 0 Å². The van der Waals surface area contributed by atoms with E-state index in [9.17, 15) is 4.79 Å². The Morgan fingerprint density at radius 3 is 2.67 bits per heavy atom. The van der Waals surface area contributed by atoms with Crippen molar-refractivity contribution in [2.75, 3.05) is 7.11 Å². The number of carbonyl (C=O) groups is 1. The summed E-state index contributed by atoms with van der Waals surface area (Å²) in [6, 6.07) is 17.4. The van der Waals surface area contributed by atoms with E-state index in [0.717, 1.165) is 16.0 Å². The number of ether oxygens (including phenoxy) is 2. The molecule has 2 aromatic heterocycles. The number of benzene rings is 2. The zero-order chi connectivity index (χ0) is 18.6. The first kappa shape index (κ1) is 17.5. The number of thiazole rings is 1. The second-order valence-electron chi connectivity index (χ2n) is 5.93. The van der Waals surface area contributed by atoms with Gasteiger partial charge in [-0.15, -0.1) is 11.3 Å². The Balaban J connectivity index is 1.51. The van der Waals surface area contributed by atoms with Crippen LogP contribution >= 0.6 is 11.3 Å². The van der Waals surface area contributed by atoms with Gasteiger partial charge in [-0.3, -0.25) is 0 Å². The molecule has 0 fully saturated rings. The maximum atomic E-state index is 12.6. The molecule has 0 aliphatic rings. The molecule has 0 atom stereocenters. The standard InChI is InChI=1S/C21H17NO4S/c1-24-12-17-16-9-5-6-10-18(16)26-19(17)21(23)25-11-15-13-27-20(22-15)14-7-3-2-4-8-14/h2-10,13H,11-12H2,1H3. The molecule has 0 saturated carbocycles. The number of nitrogens with zero attached hydrogens (tertiary/aromatic N) is 1. The molecule has 4 aromatic rings. The van der Waals surface area contributed by atoms with Gasteiger partial charge in [0, 0.05) is 29.0 Å². The van der Waals surface area contributed by atoms with Gasteiger partial charge in [0.2, 0.25) is 5.76 Å². The number of hydrogen-bond donors (Lipinski definition) is 0. The van der Waals surface area contributed by atoms with Crippen LogP contribution in [0.3, 0.4) is 0 Å². The highest BCUT2D eigenvalue weighted by atomic mass is 32.1. The first-order chi connectivity index (χ1) is 13.3. The van der Waals surface area contributed by atoms with Crippen LogP contribution in [0.4, 0.5) is 0 Å². The van der Waals surface area contributed by atoms with Crippen LogP contribution in [0.1, 0.15) is 21.8 Å². The van der Waals surface area contributed by atoms with Crippen LogP contribution < -0.4 is 0 Å². The Morgan fingerprint density at radius 2 is 1.85 bits per heavy atom. The van der Waals surface area contributed by atoms with Crippen LogP contribution in [0, 0.1) is 0 Å². The number of fused-ring (bicyclic) bond motifs is 1. The smallest absolute Gasteiger partial charge is 0.375 e. The molecular weight excluding hydrogens is 362 g/mol. The van der Waals surface area contributed by atoms with E-state index in [-0.39, 0.29) is 19.0 Å². The summed E-state index contributed by atoms with van der Waals surface area (Å²) in [7, 11) is 1.58. The molecule has 2 heterocycles. The minimum absolute atomic E-state index is 0.0889. The van der Waals surface area contributed by atoms with E-state index in [1.54, 1.807) is 7.11 Å². The van der Waals surface area contributed by atoms with Crippen molar-refractivity contribution in [3.05, 3.63) is 77.0 Å². The van der Waals surface area contributed by atoms with Crippen molar-refractivity contribution in [1.29, 1.82) is 0 Å². The van der Waals surface area contributed by atoms with Crippen molar-refractivity contribution in [2.24, 2.45) is 0 Å². The van der Waals surface area contributed by atoms with Gasteiger partial charge >= 0.3 is 5.97 Å². The second kappa shape index (κ2) is 7.73. The van der Waals surface area contributed by atoms with E-state index in [1.165, 1.54) is 11.3 Å². The van der Waals surface area contributed by atoms with Gasteiger partial charge in [-0.1, -0.05) is 48.5 Å². The van der Waals surface area contributed by atoms with Gasteiger partial charge in [0.25, 0.3) is 0 Å². The van der Waals surface area contributed by atoms with E-state index >= 15 is 0 Å². The fourth-order valence-corrected chi connectivity index (χ4v) is 3.65. The molecule has 6 heteroatoms. The van der Waals surface area contributed by atoms with E-state index in [1.807, 2.05) is 60.0 Å². The summed E-state index contributed by atoms with van der Waals surface area (Å²) in [5.41, 5.74) is 3.08. The van der Waals surface area contributed by atoms with Gasteiger partial charge in [-0.25, -0.2) is 9.78 Å². The fourth-order valence-electron chi connectivity index (χ4n) is 2.84. The number of aromatic nitrogens is 1. The molecule has 0 amide bonds. The number of hydrogen-bond acceptors (Lipinski definition) is 6. The predicted octanol–water partition coefficient (Wildman–Crippen LogP) is 5.06. The highest BCUT2D eigenvalue weighted by molar-refractivity contribution is 7.13. The first-order valence-corrected chi connectivity index (χ1v) is 9.30. The second-order valence-corrected chi connectivity index (χ2v) is 6.78. The third kappa shape index (κ3) is 3.63. The Morgan fingerprint density at radius 1 is 1.07 bits per heavy atom. The van der Waals surface area contributed by atoms with Crippen molar-refractivity contribution in [3.63, 3.8) is 0 Å². The fraction of sp³-hybridized carbons (Fsp3) is 0.143. The van der Waals surface area contributed by atoms with Crippen molar-refractivity contribution in [1.82, 2.24) is 4.98 Å². The highest BCUT2D eigenvalue weighted by Gasteiger charge is 2.22. The lowest BCUT2D eigenvalue weighted by Gasteiger charge is -2.03. The molecule has 5 nitrogen and oxygen atoms in total. The summed E-state index contributed by atoms with van der Waals surface area (Å²) in [6.07, 6.45) is 0.